The van der Waals surface area contributed by atoms with Gasteiger partial charge in [0.1, 0.15) is 5.75 Å². The maximum atomic E-state index is 12.1. The van der Waals surface area contributed by atoms with Crippen LogP contribution in [0.3, 0.4) is 0 Å². The quantitative estimate of drug-likeness (QED) is 0.736. The second-order valence-electron chi connectivity index (χ2n) is 6.17. The number of hydrogen-bond acceptors (Lipinski definition) is 4. The number of nitrogens with zero attached hydrogens (tertiary/aromatic N) is 1. The van der Waals surface area contributed by atoms with E-state index in [0.717, 1.165) is 31.5 Å². The van der Waals surface area contributed by atoms with Crippen molar-refractivity contribution >= 4 is 29.9 Å². The molecule has 0 aliphatic carbocycles. The fourth-order valence-electron chi connectivity index (χ4n) is 2.91. The first-order valence-electron chi connectivity index (χ1n) is 8.58. The topological polar surface area (TPSA) is 84.7 Å². The molecule has 2 amide bonds. The van der Waals surface area contributed by atoms with Crippen LogP contribution in [-0.4, -0.2) is 37.0 Å². The number of rotatable bonds is 8. The number of halogens is 1. The Hall–Kier alpha value is -1.79. The van der Waals surface area contributed by atoms with Crippen molar-refractivity contribution in [1.82, 2.24) is 5.32 Å². The van der Waals surface area contributed by atoms with Gasteiger partial charge in [-0.05, 0) is 31.4 Å². The molecule has 1 aliphatic heterocycles. The summed E-state index contributed by atoms with van der Waals surface area (Å²) >= 11 is 0. The maximum Gasteiger partial charge on any atom is 0.258 e. The van der Waals surface area contributed by atoms with Crippen LogP contribution in [0.1, 0.15) is 39.5 Å². The first kappa shape index (κ1) is 21.3. The summed E-state index contributed by atoms with van der Waals surface area (Å²) in [5, 5.41) is 2.97. The highest BCUT2D eigenvalue weighted by Crippen LogP contribution is 2.25. The number of benzene rings is 1. The summed E-state index contributed by atoms with van der Waals surface area (Å²) in [6.45, 7) is 5.08. The Balaban J connectivity index is 0.00000312. The minimum Gasteiger partial charge on any atom is -0.484 e. The summed E-state index contributed by atoms with van der Waals surface area (Å²) < 4.78 is 5.59. The third kappa shape index (κ3) is 5.34. The van der Waals surface area contributed by atoms with Gasteiger partial charge in [-0.25, -0.2) is 0 Å². The molecule has 7 heteroatoms. The van der Waals surface area contributed by atoms with Crippen molar-refractivity contribution in [3.05, 3.63) is 24.3 Å². The van der Waals surface area contributed by atoms with E-state index in [0.29, 0.717) is 18.7 Å². The summed E-state index contributed by atoms with van der Waals surface area (Å²) in [4.78, 5) is 25.7. The molecule has 3 N–H and O–H groups in total. The highest BCUT2D eigenvalue weighted by atomic mass is 35.5. The zero-order valence-corrected chi connectivity index (χ0v) is 15.7. The molecule has 25 heavy (non-hydrogen) atoms. The Morgan fingerprint density at radius 3 is 2.64 bits per heavy atom. The first-order valence-corrected chi connectivity index (χ1v) is 8.58. The number of carbonyl (C=O) groups excluding carboxylic acids is 2. The number of nitrogens with two attached hydrogens (primary N) is 1. The van der Waals surface area contributed by atoms with E-state index in [2.05, 4.69) is 5.32 Å². The fraction of sp³-hybridized carbons (Fsp3) is 0.556. The smallest absolute Gasteiger partial charge is 0.258 e. The summed E-state index contributed by atoms with van der Waals surface area (Å²) in [5.74, 6) is 0.518. The Labute approximate surface area is 155 Å². The molecule has 0 atom stereocenters. The Morgan fingerprint density at radius 2 is 2.08 bits per heavy atom. The SMILES string of the molecule is CCC(CC)(CN)NC(=O)COc1cccc(N2CCCC2=O)c1.Cl. The fourth-order valence-corrected chi connectivity index (χ4v) is 2.91. The highest BCUT2D eigenvalue weighted by molar-refractivity contribution is 5.95. The number of ether oxygens (including phenoxy) is 1. The van der Waals surface area contributed by atoms with E-state index in [1.807, 2.05) is 26.0 Å². The third-order valence-corrected chi connectivity index (χ3v) is 4.72. The van der Waals surface area contributed by atoms with Gasteiger partial charge < -0.3 is 20.7 Å². The lowest BCUT2D eigenvalue weighted by molar-refractivity contribution is -0.125. The average Bonchev–Trinajstić information content (AvgIpc) is 3.04. The predicted molar refractivity (Wildman–Crippen MR) is 101 cm³/mol. The maximum absolute atomic E-state index is 12.1. The molecule has 0 aromatic heterocycles. The molecular formula is C18H28ClN3O3. The van der Waals surface area contributed by atoms with Crippen molar-refractivity contribution < 1.29 is 14.3 Å². The summed E-state index contributed by atoms with van der Waals surface area (Å²) in [7, 11) is 0. The number of anilines is 1. The number of nitrogens with one attached hydrogen (secondary N) is 1. The lowest BCUT2D eigenvalue weighted by Gasteiger charge is -2.31. The number of hydrogen-bond donors (Lipinski definition) is 2. The van der Waals surface area contributed by atoms with Crippen molar-refractivity contribution in [2.24, 2.45) is 5.73 Å². The molecule has 140 valence electrons. The van der Waals surface area contributed by atoms with E-state index in [-0.39, 0.29) is 36.4 Å². The van der Waals surface area contributed by atoms with Crippen LogP contribution in [0.2, 0.25) is 0 Å². The van der Waals surface area contributed by atoms with E-state index >= 15 is 0 Å². The summed E-state index contributed by atoms with van der Waals surface area (Å²) in [6.07, 6.45) is 3.01. The van der Waals surface area contributed by atoms with E-state index in [1.165, 1.54) is 0 Å². The average molecular weight is 370 g/mol. The van der Waals surface area contributed by atoms with Crippen LogP contribution in [0.4, 0.5) is 5.69 Å². The molecule has 0 spiro atoms. The molecule has 0 unspecified atom stereocenters. The number of carbonyl (C=O) groups is 2. The molecule has 1 saturated heterocycles. The van der Waals surface area contributed by atoms with Gasteiger partial charge in [0.2, 0.25) is 5.91 Å². The molecule has 2 rings (SSSR count). The molecule has 0 radical (unpaired) electrons. The van der Waals surface area contributed by atoms with Gasteiger partial charge in [0.15, 0.2) is 6.61 Å². The van der Waals surface area contributed by atoms with Gasteiger partial charge in [0, 0.05) is 31.3 Å². The minimum atomic E-state index is -0.371. The summed E-state index contributed by atoms with van der Waals surface area (Å²) in [5.41, 5.74) is 6.24. The van der Waals surface area contributed by atoms with Crippen LogP contribution < -0.4 is 20.7 Å². The van der Waals surface area contributed by atoms with E-state index in [4.69, 9.17) is 10.5 Å². The minimum absolute atomic E-state index is 0. The highest BCUT2D eigenvalue weighted by Gasteiger charge is 2.26. The Morgan fingerprint density at radius 1 is 1.36 bits per heavy atom. The molecular weight excluding hydrogens is 342 g/mol. The van der Waals surface area contributed by atoms with Crippen molar-refractivity contribution in [1.29, 1.82) is 0 Å². The van der Waals surface area contributed by atoms with Crippen LogP contribution in [0.15, 0.2) is 24.3 Å². The lowest BCUT2D eigenvalue weighted by atomic mass is 9.93. The van der Waals surface area contributed by atoms with Gasteiger partial charge in [0.05, 0.1) is 5.54 Å². The van der Waals surface area contributed by atoms with Crippen LogP contribution >= 0.6 is 12.4 Å². The zero-order chi connectivity index (χ0) is 17.6. The van der Waals surface area contributed by atoms with Crippen LogP contribution in [0.25, 0.3) is 0 Å². The monoisotopic (exact) mass is 369 g/mol. The third-order valence-electron chi connectivity index (χ3n) is 4.72. The second kappa shape index (κ2) is 9.63. The molecule has 1 aliphatic rings. The molecule has 1 heterocycles. The van der Waals surface area contributed by atoms with Gasteiger partial charge in [-0.3, -0.25) is 9.59 Å². The van der Waals surface area contributed by atoms with Gasteiger partial charge in [-0.15, -0.1) is 12.4 Å². The Bertz CT molecular complexity index is 582. The Kier molecular flexibility index (Phi) is 8.19. The molecule has 1 fully saturated rings. The largest absolute Gasteiger partial charge is 0.484 e. The van der Waals surface area contributed by atoms with Crippen LogP contribution in [0.5, 0.6) is 5.75 Å². The normalized spacial score (nSPS) is 14.2. The van der Waals surface area contributed by atoms with Gasteiger partial charge in [-0.1, -0.05) is 19.9 Å². The lowest BCUT2D eigenvalue weighted by Crippen LogP contribution is -2.54. The van der Waals surface area contributed by atoms with Gasteiger partial charge in [0.25, 0.3) is 5.91 Å². The van der Waals surface area contributed by atoms with Crippen molar-refractivity contribution in [2.45, 2.75) is 45.1 Å². The van der Waals surface area contributed by atoms with Crippen molar-refractivity contribution in [3.8, 4) is 5.75 Å². The molecule has 0 saturated carbocycles. The standard InChI is InChI=1S/C18H27N3O3.ClH/c1-3-18(4-2,13-19)20-16(22)12-24-15-8-5-7-14(11-15)21-10-6-9-17(21)23;/h5,7-8,11H,3-4,6,9-10,12-13,19H2,1-2H3,(H,20,22);1H. The van der Waals surface area contributed by atoms with Crippen molar-refractivity contribution in [2.75, 3.05) is 24.6 Å². The molecule has 1 aromatic carbocycles. The van der Waals surface area contributed by atoms with E-state index < -0.39 is 0 Å². The van der Waals surface area contributed by atoms with Crippen LogP contribution in [0, 0.1) is 0 Å². The molecule has 0 bridgehead atoms. The zero-order valence-electron chi connectivity index (χ0n) is 14.9. The van der Waals surface area contributed by atoms with Gasteiger partial charge >= 0.3 is 0 Å². The molecule has 6 nitrogen and oxygen atoms in total. The van der Waals surface area contributed by atoms with Crippen LogP contribution in [-0.2, 0) is 9.59 Å². The molecule has 1 aromatic rings. The van der Waals surface area contributed by atoms with Gasteiger partial charge in [-0.2, -0.15) is 0 Å². The second-order valence-corrected chi connectivity index (χ2v) is 6.17. The van der Waals surface area contributed by atoms with E-state index in [9.17, 15) is 9.59 Å². The first-order chi connectivity index (χ1) is 11.5. The van der Waals surface area contributed by atoms with E-state index in [1.54, 1.807) is 17.0 Å². The predicted octanol–water partition coefficient (Wildman–Crippen LogP) is 2.25. The number of amides is 2. The van der Waals surface area contributed by atoms with Crippen molar-refractivity contribution in [3.63, 3.8) is 0 Å². The summed E-state index contributed by atoms with van der Waals surface area (Å²) in [6, 6.07) is 7.29.